The van der Waals surface area contributed by atoms with E-state index < -0.39 is 0 Å². The average Bonchev–Trinajstić information content (AvgIpc) is 2.35. The van der Waals surface area contributed by atoms with Gasteiger partial charge < -0.3 is 15.2 Å². The topological polar surface area (TPSA) is 41.5 Å². The number of nitrogens with one attached hydrogen (secondary N) is 1. The Bertz CT molecular complexity index is 322. The van der Waals surface area contributed by atoms with Gasteiger partial charge in [0.2, 0.25) is 0 Å². The Morgan fingerprint density at radius 3 is 2.39 bits per heavy atom. The molecule has 0 aliphatic rings. The van der Waals surface area contributed by atoms with Crippen LogP contribution >= 0.6 is 0 Å². The van der Waals surface area contributed by atoms with E-state index in [4.69, 9.17) is 9.84 Å². The second-order valence-corrected chi connectivity index (χ2v) is 5.14. The molecule has 0 aromatic heterocycles. The van der Waals surface area contributed by atoms with Crippen LogP contribution in [-0.4, -0.2) is 24.4 Å². The zero-order valence-electron chi connectivity index (χ0n) is 11.6. The molecular weight excluding hydrogens is 226 g/mol. The first-order valence-electron chi connectivity index (χ1n) is 6.67. The van der Waals surface area contributed by atoms with Crippen molar-refractivity contribution in [2.75, 3.05) is 13.2 Å². The van der Waals surface area contributed by atoms with Crippen LogP contribution in [0.2, 0.25) is 0 Å². The van der Waals surface area contributed by atoms with E-state index in [-0.39, 0.29) is 6.61 Å². The van der Waals surface area contributed by atoms with Gasteiger partial charge in [-0.3, -0.25) is 0 Å². The molecule has 2 N–H and O–H groups in total. The van der Waals surface area contributed by atoms with Gasteiger partial charge in [-0.05, 0) is 37.0 Å². The van der Waals surface area contributed by atoms with Crippen molar-refractivity contribution in [1.29, 1.82) is 0 Å². The molecule has 0 amide bonds. The highest BCUT2D eigenvalue weighted by atomic mass is 16.5. The van der Waals surface area contributed by atoms with Crippen LogP contribution in [0.1, 0.15) is 32.8 Å². The van der Waals surface area contributed by atoms with E-state index in [1.807, 2.05) is 12.1 Å². The monoisotopic (exact) mass is 251 g/mol. The number of ether oxygens (including phenoxy) is 1. The van der Waals surface area contributed by atoms with Crippen LogP contribution in [0.25, 0.3) is 0 Å². The van der Waals surface area contributed by atoms with Crippen molar-refractivity contribution < 1.29 is 9.84 Å². The highest BCUT2D eigenvalue weighted by Gasteiger charge is 2.01. The van der Waals surface area contributed by atoms with E-state index >= 15 is 0 Å². The first-order valence-corrected chi connectivity index (χ1v) is 6.67. The summed E-state index contributed by atoms with van der Waals surface area (Å²) in [7, 11) is 0. The summed E-state index contributed by atoms with van der Waals surface area (Å²) in [6, 6.07) is 8.52. The fraction of sp³-hybridized carbons (Fsp3) is 0.600. The molecule has 1 unspecified atom stereocenters. The molecule has 0 radical (unpaired) electrons. The quantitative estimate of drug-likeness (QED) is 0.746. The number of hydrogen-bond donors (Lipinski definition) is 2. The predicted molar refractivity (Wildman–Crippen MR) is 74.8 cm³/mol. The largest absolute Gasteiger partial charge is 0.493 e. The van der Waals surface area contributed by atoms with E-state index in [1.165, 1.54) is 5.56 Å². The molecule has 102 valence electrons. The van der Waals surface area contributed by atoms with E-state index in [0.717, 1.165) is 25.3 Å². The SMILES string of the molecule is CC(C)COc1ccc(CNC(C)CCO)cc1. The van der Waals surface area contributed by atoms with Crippen LogP contribution in [0.3, 0.4) is 0 Å². The predicted octanol–water partition coefficient (Wildman–Crippen LogP) is 2.58. The lowest BCUT2D eigenvalue weighted by molar-refractivity contribution is 0.268. The summed E-state index contributed by atoms with van der Waals surface area (Å²) in [5.74, 6) is 1.47. The van der Waals surface area contributed by atoms with Gasteiger partial charge in [-0.15, -0.1) is 0 Å². The van der Waals surface area contributed by atoms with Gasteiger partial charge in [0.1, 0.15) is 5.75 Å². The maximum atomic E-state index is 8.82. The molecule has 1 aromatic carbocycles. The van der Waals surface area contributed by atoms with E-state index in [9.17, 15) is 0 Å². The minimum Gasteiger partial charge on any atom is -0.493 e. The highest BCUT2D eigenvalue weighted by molar-refractivity contribution is 5.27. The number of rotatable bonds is 8. The Morgan fingerprint density at radius 1 is 1.17 bits per heavy atom. The first-order chi connectivity index (χ1) is 8.61. The van der Waals surface area contributed by atoms with Gasteiger partial charge >= 0.3 is 0 Å². The fourth-order valence-electron chi connectivity index (χ4n) is 1.55. The molecule has 1 rings (SSSR count). The lowest BCUT2D eigenvalue weighted by Gasteiger charge is -2.13. The van der Waals surface area contributed by atoms with Crippen LogP contribution in [0.5, 0.6) is 5.75 Å². The first kappa shape index (κ1) is 15.0. The van der Waals surface area contributed by atoms with Gasteiger partial charge in [0.25, 0.3) is 0 Å². The second kappa shape index (κ2) is 8.11. The van der Waals surface area contributed by atoms with E-state index in [0.29, 0.717) is 12.0 Å². The van der Waals surface area contributed by atoms with Crippen LogP contribution in [0, 0.1) is 5.92 Å². The summed E-state index contributed by atoms with van der Waals surface area (Å²) >= 11 is 0. The summed E-state index contributed by atoms with van der Waals surface area (Å²) in [6.45, 7) is 8.17. The van der Waals surface area contributed by atoms with Crippen molar-refractivity contribution in [3.05, 3.63) is 29.8 Å². The average molecular weight is 251 g/mol. The third kappa shape index (κ3) is 6.03. The molecule has 0 saturated heterocycles. The van der Waals surface area contributed by atoms with Gasteiger partial charge in [-0.2, -0.15) is 0 Å². The number of aliphatic hydroxyl groups is 1. The standard InChI is InChI=1S/C15H25NO2/c1-12(2)11-18-15-6-4-14(5-7-15)10-16-13(3)8-9-17/h4-7,12-13,16-17H,8-11H2,1-3H3. The Hall–Kier alpha value is -1.06. The van der Waals surface area contributed by atoms with Gasteiger partial charge in [0.05, 0.1) is 6.61 Å². The van der Waals surface area contributed by atoms with Gasteiger partial charge in [0.15, 0.2) is 0 Å². The minimum absolute atomic E-state index is 0.232. The summed E-state index contributed by atoms with van der Waals surface area (Å²) in [5.41, 5.74) is 1.23. The van der Waals surface area contributed by atoms with Crippen molar-refractivity contribution in [3.8, 4) is 5.75 Å². The molecule has 0 heterocycles. The van der Waals surface area contributed by atoms with Crippen molar-refractivity contribution in [2.24, 2.45) is 5.92 Å². The summed E-state index contributed by atoms with van der Waals surface area (Å²) in [4.78, 5) is 0. The van der Waals surface area contributed by atoms with Crippen molar-refractivity contribution in [2.45, 2.75) is 39.8 Å². The fourth-order valence-corrected chi connectivity index (χ4v) is 1.55. The number of benzene rings is 1. The van der Waals surface area contributed by atoms with E-state index in [1.54, 1.807) is 0 Å². The van der Waals surface area contributed by atoms with Crippen molar-refractivity contribution >= 4 is 0 Å². The smallest absolute Gasteiger partial charge is 0.119 e. The van der Waals surface area contributed by atoms with Crippen LogP contribution in [-0.2, 0) is 6.54 Å². The molecule has 3 heteroatoms. The summed E-state index contributed by atoms with van der Waals surface area (Å²) < 4.78 is 5.63. The normalized spacial score (nSPS) is 12.7. The highest BCUT2D eigenvalue weighted by Crippen LogP contribution is 2.13. The Morgan fingerprint density at radius 2 is 1.83 bits per heavy atom. The lowest BCUT2D eigenvalue weighted by atomic mass is 10.2. The molecule has 0 saturated carbocycles. The third-order valence-corrected chi connectivity index (χ3v) is 2.72. The molecule has 18 heavy (non-hydrogen) atoms. The van der Waals surface area contributed by atoms with Crippen molar-refractivity contribution in [1.82, 2.24) is 5.32 Å². The zero-order chi connectivity index (χ0) is 13.4. The number of aliphatic hydroxyl groups excluding tert-OH is 1. The molecule has 0 aliphatic heterocycles. The van der Waals surface area contributed by atoms with E-state index in [2.05, 4.69) is 38.2 Å². The molecule has 3 nitrogen and oxygen atoms in total. The molecular formula is C15H25NO2. The Kier molecular flexibility index (Phi) is 6.76. The van der Waals surface area contributed by atoms with Crippen LogP contribution in [0.4, 0.5) is 0 Å². The molecule has 0 fully saturated rings. The minimum atomic E-state index is 0.232. The Balaban J connectivity index is 2.35. The molecule has 0 aliphatic carbocycles. The van der Waals surface area contributed by atoms with Gasteiger partial charge in [-0.1, -0.05) is 26.0 Å². The molecule has 1 aromatic rings. The summed E-state index contributed by atoms with van der Waals surface area (Å²) in [6.07, 6.45) is 0.787. The zero-order valence-corrected chi connectivity index (χ0v) is 11.6. The number of hydrogen-bond acceptors (Lipinski definition) is 3. The third-order valence-electron chi connectivity index (χ3n) is 2.72. The molecule has 0 spiro atoms. The molecule has 1 atom stereocenters. The second-order valence-electron chi connectivity index (χ2n) is 5.14. The van der Waals surface area contributed by atoms with Gasteiger partial charge in [-0.25, -0.2) is 0 Å². The van der Waals surface area contributed by atoms with Crippen LogP contribution < -0.4 is 10.1 Å². The molecule has 0 bridgehead atoms. The maximum absolute atomic E-state index is 8.82. The summed E-state index contributed by atoms with van der Waals surface area (Å²) in [5, 5.41) is 12.2. The maximum Gasteiger partial charge on any atom is 0.119 e. The Labute approximate surface area is 110 Å². The lowest BCUT2D eigenvalue weighted by Crippen LogP contribution is -2.26. The van der Waals surface area contributed by atoms with Crippen LogP contribution in [0.15, 0.2) is 24.3 Å². The van der Waals surface area contributed by atoms with Gasteiger partial charge in [0, 0.05) is 19.2 Å². The van der Waals surface area contributed by atoms with Crippen molar-refractivity contribution in [3.63, 3.8) is 0 Å².